The molecule has 2 rings (SSSR count). The number of benzene rings is 1. The summed E-state index contributed by atoms with van der Waals surface area (Å²) in [5, 5.41) is 5.64. The van der Waals surface area contributed by atoms with E-state index >= 15 is 0 Å². The topological polar surface area (TPSA) is 71.3 Å². The van der Waals surface area contributed by atoms with Gasteiger partial charge in [-0.1, -0.05) is 20.8 Å². The minimum absolute atomic E-state index is 0.0562. The fraction of sp³-hybridized carbons (Fsp3) is 0.294. The summed E-state index contributed by atoms with van der Waals surface area (Å²) < 4.78 is 5.05. The summed E-state index contributed by atoms with van der Waals surface area (Å²) in [4.78, 5) is 23.9. The first-order valence-corrected chi connectivity index (χ1v) is 7.04. The fourth-order valence-corrected chi connectivity index (χ4v) is 1.79. The molecule has 0 unspecified atom stereocenters. The predicted molar refractivity (Wildman–Crippen MR) is 85.9 cm³/mol. The molecule has 5 heteroatoms. The Labute approximate surface area is 129 Å². The average Bonchev–Trinajstić information content (AvgIpc) is 2.94. The van der Waals surface area contributed by atoms with E-state index in [9.17, 15) is 9.59 Å². The highest BCUT2D eigenvalue weighted by Gasteiger charge is 2.21. The summed E-state index contributed by atoms with van der Waals surface area (Å²) in [6.07, 6.45) is 1.45. The molecule has 5 nitrogen and oxygen atoms in total. The Morgan fingerprint density at radius 3 is 2.36 bits per heavy atom. The Kier molecular flexibility index (Phi) is 4.35. The van der Waals surface area contributed by atoms with Crippen molar-refractivity contribution in [3.8, 4) is 0 Å². The molecule has 22 heavy (non-hydrogen) atoms. The highest BCUT2D eigenvalue weighted by Crippen LogP contribution is 2.23. The van der Waals surface area contributed by atoms with E-state index in [1.54, 1.807) is 24.3 Å². The largest absolute Gasteiger partial charge is 0.459 e. The van der Waals surface area contributed by atoms with Crippen molar-refractivity contribution in [2.24, 2.45) is 5.41 Å². The van der Waals surface area contributed by atoms with Crippen molar-refractivity contribution in [3.63, 3.8) is 0 Å². The molecule has 0 bridgehead atoms. The molecule has 0 atom stereocenters. The summed E-state index contributed by atoms with van der Waals surface area (Å²) in [6, 6.07) is 8.60. The van der Waals surface area contributed by atoms with Gasteiger partial charge in [-0.05, 0) is 42.8 Å². The van der Waals surface area contributed by atoms with Crippen LogP contribution >= 0.6 is 0 Å². The molecule has 0 saturated heterocycles. The van der Waals surface area contributed by atoms with Gasteiger partial charge in [-0.15, -0.1) is 0 Å². The van der Waals surface area contributed by atoms with Gasteiger partial charge < -0.3 is 15.1 Å². The Hall–Kier alpha value is -2.56. The monoisotopic (exact) mass is 300 g/mol. The quantitative estimate of drug-likeness (QED) is 0.905. The Morgan fingerprint density at radius 1 is 1.09 bits per heavy atom. The Balaban J connectivity index is 2.10. The standard InChI is InChI=1S/C17H20N2O3/c1-11-10-12(18-16(21)17(2,3)4)7-8-13(11)19-15(20)14-6-5-9-22-14/h5-10H,1-4H3,(H,18,21)(H,19,20). The van der Waals surface area contributed by atoms with Gasteiger partial charge in [0.1, 0.15) is 0 Å². The summed E-state index contributed by atoms with van der Waals surface area (Å²) >= 11 is 0. The van der Waals surface area contributed by atoms with E-state index in [0.717, 1.165) is 5.56 Å². The van der Waals surface area contributed by atoms with E-state index in [-0.39, 0.29) is 17.6 Å². The summed E-state index contributed by atoms with van der Waals surface area (Å²) in [7, 11) is 0. The van der Waals surface area contributed by atoms with Crippen LogP contribution in [-0.2, 0) is 4.79 Å². The summed E-state index contributed by atoms with van der Waals surface area (Å²) in [6.45, 7) is 7.43. The number of anilines is 2. The molecule has 0 radical (unpaired) electrons. The van der Waals surface area contributed by atoms with Gasteiger partial charge in [0, 0.05) is 16.8 Å². The van der Waals surface area contributed by atoms with Gasteiger partial charge in [0.25, 0.3) is 5.91 Å². The molecule has 1 aromatic carbocycles. The number of rotatable bonds is 3. The van der Waals surface area contributed by atoms with E-state index in [1.807, 2.05) is 33.8 Å². The molecule has 0 saturated carbocycles. The number of hydrogen-bond donors (Lipinski definition) is 2. The normalized spacial score (nSPS) is 11.1. The van der Waals surface area contributed by atoms with E-state index in [2.05, 4.69) is 10.6 Å². The molecule has 2 N–H and O–H groups in total. The third-order valence-corrected chi connectivity index (χ3v) is 3.16. The summed E-state index contributed by atoms with van der Waals surface area (Å²) in [5.41, 5.74) is 1.77. The van der Waals surface area contributed by atoms with Gasteiger partial charge in [-0.25, -0.2) is 0 Å². The van der Waals surface area contributed by atoms with Gasteiger partial charge in [-0.3, -0.25) is 9.59 Å². The van der Waals surface area contributed by atoms with E-state index < -0.39 is 5.41 Å². The molecule has 116 valence electrons. The van der Waals surface area contributed by atoms with E-state index in [0.29, 0.717) is 11.4 Å². The highest BCUT2D eigenvalue weighted by atomic mass is 16.3. The third kappa shape index (κ3) is 3.75. The maximum Gasteiger partial charge on any atom is 0.291 e. The maximum absolute atomic E-state index is 12.0. The third-order valence-electron chi connectivity index (χ3n) is 3.16. The zero-order chi connectivity index (χ0) is 16.3. The molecule has 0 aliphatic rings. The minimum atomic E-state index is -0.458. The number of amides is 2. The first kappa shape index (κ1) is 15.8. The fourth-order valence-electron chi connectivity index (χ4n) is 1.79. The molecule has 2 amide bonds. The second-order valence-electron chi connectivity index (χ2n) is 6.17. The molecule has 1 aromatic heterocycles. The van der Waals surface area contributed by atoms with E-state index in [1.165, 1.54) is 6.26 Å². The lowest BCUT2D eigenvalue weighted by Gasteiger charge is -2.18. The lowest BCUT2D eigenvalue weighted by atomic mass is 9.95. The Bertz CT molecular complexity index is 682. The molecule has 0 spiro atoms. The second kappa shape index (κ2) is 6.05. The van der Waals surface area contributed by atoms with Crippen molar-refractivity contribution >= 4 is 23.2 Å². The smallest absolute Gasteiger partial charge is 0.291 e. The van der Waals surface area contributed by atoms with Crippen molar-refractivity contribution in [1.82, 2.24) is 0 Å². The van der Waals surface area contributed by atoms with Crippen molar-refractivity contribution < 1.29 is 14.0 Å². The zero-order valence-electron chi connectivity index (χ0n) is 13.2. The van der Waals surface area contributed by atoms with Gasteiger partial charge >= 0.3 is 0 Å². The number of aryl methyl sites for hydroxylation is 1. The van der Waals surface area contributed by atoms with Crippen molar-refractivity contribution in [1.29, 1.82) is 0 Å². The molecule has 0 aliphatic carbocycles. The van der Waals surface area contributed by atoms with Crippen LogP contribution in [0.25, 0.3) is 0 Å². The first-order chi connectivity index (χ1) is 10.3. The molecule has 2 aromatic rings. The van der Waals surface area contributed by atoms with Crippen molar-refractivity contribution in [2.45, 2.75) is 27.7 Å². The maximum atomic E-state index is 12.0. The van der Waals surface area contributed by atoms with Crippen LogP contribution < -0.4 is 10.6 Å². The SMILES string of the molecule is Cc1cc(NC(=O)C(C)(C)C)ccc1NC(=O)c1ccco1. The number of hydrogen-bond acceptors (Lipinski definition) is 3. The molecule has 0 fully saturated rings. The highest BCUT2D eigenvalue weighted by molar-refractivity contribution is 6.03. The van der Waals surface area contributed by atoms with Gasteiger partial charge in [0.05, 0.1) is 6.26 Å². The van der Waals surface area contributed by atoms with Gasteiger partial charge in [-0.2, -0.15) is 0 Å². The average molecular weight is 300 g/mol. The lowest BCUT2D eigenvalue weighted by molar-refractivity contribution is -0.123. The van der Waals surface area contributed by atoms with Crippen LogP contribution in [0.15, 0.2) is 41.0 Å². The number of nitrogens with one attached hydrogen (secondary N) is 2. The molecular weight excluding hydrogens is 280 g/mol. The van der Waals surface area contributed by atoms with Gasteiger partial charge in [0.15, 0.2) is 5.76 Å². The van der Waals surface area contributed by atoms with Crippen LogP contribution in [-0.4, -0.2) is 11.8 Å². The van der Waals surface area contributed by atoms with Crippen LogP contribution in [0.4, 0.5) is 11.4 Å². The molecule has 0 aliphatic heterocycles. The second-order valence-corrected chi connectivity index (χ2v) is 6.17. The predicted octanol–water partition coefficient (Wildman–Crippen LogP) is 3.82. The van der Waals surface area contributed by atoms with Crippen LogP contribution in [0.3, 0.4) is 0 Å². The summed E-state index contributed by atoms with van der Waals surface area (Å²) in [5.74, 6) is -0.108. The number of carbonyl (C=O) groups excluding carboxylic acids is 2. The van der Waals surface area contributed by atoms with Gasteiger partial charge in [0.2, 0.25) is 5.91 Å². The lowest BCUT2D eigenvalue weighted by Crippen LogP contribution is -2.27. The van der Waals surface area contributed by atoms with Crippen LogP contribution in [0, 0.1) is 12.3 Å². The van der Waals surface area contributed by atoms with Crippen molar-refractivity contribution in [3.05, 3.63) is 47.9 Å². The molecule has 1 heterocycles. The van der Waals surface area contributed by atoms with Crippen LogP contribution in [0.5, 0.6) is 0 Å². The Morgan fingerprint density at radius 2 is 1.82 bits per heavy atom. The number of furan rings is 1. The number of carbonyl (C=O) groups is 2. The minimum Gasteiger partial charge on any atom is -0.459 e. The van der Waals surface area contributed by atoms with Crippen LogP contribution in [0.2, 0.25) is 0 Å². The first-order valence-electron chi connectivity index (χ1n) is 7.04. The van der Waals surface area contributed by atoms with Crippen molar-refractivity contribution in [2.75, 3.05) is 10.6 Å². The zero-order valence-corrected chi connectivity index (χ0v) is 13.2. The van der Waals surface area contributed by atoms with E-state index in [4.69, 9.17) is 4.42 Å². The molecular formula is C17H20N2O3. The van der Waals surface area contributed by atoms with Crippen LogP contribution in [0.1, 0.15) is 36.9 Å².